The number of carbonyl (C=O) groups is 1. The molecule has 0 spiro atoms. The highest BCUT2D eigenvalue weighted by atomic mass is 16.5. The van der Waals surface area contributed by atoms with Crippen LogP contribution < -0.4 is 10.9 Å². The molecule has 178 valence electrons. The van der Waals surface area contributed by atoms with Crippen LogP contribution in [-0.4, -0.2) is 30.2 Å². The largest absolute Gasteiger partial charge is 0.337 e. The first-order chi connectivity index (χ1) is 16.9. The second kappa shape index (κ2) is 9.17. The fraction of sp³-hybridized carbons (Fsp3) is 0.269. The molecule has 0 saturated carbocycles. The number of benzene rings is 2. The van der Waals surface area contributed by atoms with Crippen molar-refractivity contribution in [3.05, 3.63) is 82.5 Å². The van der Waals surface area contributed by atoms with E-state index in [1.54, 1.807) is 4.57 Å². The van der Waals surface area contributed by atoms with Crippen molar-refractivity contribution in [1.82, 2.24) is 24.3 Å². The van der Waals surface area contributed by atoms with Gasteiger partial charge in [0.1, 0.15) is 24.1 Å². The fourth-order valence-electron chi connectivity index (χ4n) is 4.16. The van der Waals surface area contributed by atoms with E-state index in [1.165, 1.54) is 16.5 Å². The van der Waals surface area contributed by atoms with Crippen LogP contribution >= 0.6 is 0 Å². The molecule has 9 nitrogen and oxygen atoms in total. The monoisotopic (exact) mass is 470 g/mol. The van der Waals surface area contributed by atoms with Crippen LogP contribution in [0, 0.1) is 0 Å². The van der Waals surface area contributed by atoms with E-state index >= 15 is 0 Å². The number of carbonyl (C=O) groups excluding carboxylic acids is 1. The molecule has 0 saturated heterocycles. The summed E-state index contributed by atoms with van der Waals surface area (Å²) >= 11 is 0. The van der Waals surface area contributed by atoms with Crippen LogP contribution in [0.2, 0.25) is 0 Å². The van der Waals surface area contributed by atoms with E-state index in [4.69, 9.17) is 4.52 Å². The molecule has 0 aliphatic carbocycles. The van der Waals surface area contributed by atoms with Gasteiger partial charge in [-0.15, -0.1) is 0 Å². The van der Waals surface area contributed by atoms with Gasteiger partial charge in [-0.2, -0.15) is 4.98 Å². The predicted octanol–water partition coefficient (Wildman–Crippen LogP) is 4.11. The van der Waals surface area contributed by atoms with E-state index in [0.29, 0.717) is 40.8 Å². The van der Waals surface area contributed by atoms with Crippen LogP contribution in [0.5, 0.6) is 0 Å². The number of aryl methyl sites for hydroxylation is 1. The molecule has 0 unspecified atom stereocenters. The Balaban J connectivity index is 1.51. The summed E-state index contributed by atoms with van der Waals surface area (Å²) in [5.74, 6) is 1.08. The molecule has 5 rings (SSSR count). The SMILES string of the molecule is CCc1noc(Cn2cnc3c4ccccc4n(CC(=O)Nc4ccc(C(C)C)cc4)c3c2=O)n1. The summed E-state index contributed by atoms with van der Waals surface area (Å²) in [5.41, 5.74) is 3.30. The summed E-state index contributed by atoms with van der Waals surface area (Å²) in [6.07, 6.45) is 2.12. The predicted molar refractivity (Wildman–Crippen MR) is 133 cm³/mol. The molecule has 0 aliphatic heterocycles. The third kappa shape index (κ3) is 4.32. The lowest BCUT2D eigenvalue weighted by molar-refractivity contribution is -0.116. The quantitative estimate of drug-likeness (QED) is 0.384. The molecule has 1 N–H and O–H groups in total. The number of amides is 1. The molecule has 0 aliphatic rings. The lowest BCUT2D eigenvalue weighted by Gasteiger charge is -2.10. The molecule has 3 heterocycles. The lowest BCUT2D eigenvalue weighted by atomic mass is 10.0. The molecule has 35 heavy (non-hydrogen) atoms. The second-order valence-corrected chi connectivity index (χ2v) is 8.76. The molecule has 0 radical (unpaired) electrons. The first-order valence-corrected chi connectivity index (χ1v) is 11.6. The van der Waals surface area contributed by atoms with E-state index < -0.39 is 0 Å². The Kier molecular flexibility index (Phi) is 5.90. The molecule has 0 atom stereocenters. The summed E-state index contributed by atoms with van der Waals surface area (Å²) in [5, 5.41) is 7.64. The van der Waals surface area contributed by atoms with Crippen molar-refractivity contribution < 1.29 is 9.32 Å². The van der Waals surface area contributed by atoms with Gasteiger partial charge >= 0.3 is 0 Å². The van der Waals surface area contributed by atoms with Crippen LogP contribution in [0.25, 0.3) is 21.9 Å². The normalized spacial score (nSPS) is 11.5. The number of aromatic nitrogens is 5. The smallest absolute Gasteiger partial charge is 0.278 e. The Hall–Kier alpha value is -4.27. The zero-order valence-electron chi connectivity index (χ0n) is 19.9. The Labute approximate surface area is 201 Å². The third-order valence-electron chi connectivity index (χ3n) is 6.03. The second-order valence-electron chi connectivity index (χ2n) is 8.76. The van der Waals surface area contributed by atoms with Crippen molar-refractivity contribution in [3.63, 3.8) is 0 Å². The summed E-state index contributed by atoms with van der Waals surface area (Å²) in [4.78, 5) is 35.4. The van der Waals surface area contributed by atoms with Crippen LogP contribution in [0.3, 0.4) is 0 Å². The summed E-state index contributed by atoms with van der Waals surface area (Å²) < 4.78 is 8.40. The Morgan fingerprint density at radius 3 is 2.60 bits per heavy atom. The maximum absolute atomic E-state index is 13.5. The molecule has 0 bridgehead atoms. The number of nitrogens with zero attached hydrogens (tertiary/aromatic N) is 5. The fourth-order valence-corrected chi connectivity index (χ4v) is 4.16. The van der Waals surface area contributed by atoms with E-state index in [-0.39, 0.29) is 24.6 Å². The van der Waals surface area contributed by atoms with E-state index in [9.17, 15) is 9.59 Å². The van der Waals surface area contributed by atoms with Gasteiger partial charge in [0.05, 0.1) is 11.8 Å². The van der Waals surface area contributed by atoms with E-state index in [0.717, 1.165) is 10.9 Å². The van der Waals surface area contributed by atoms with Gasteiger partial charge in [0.25, 0.3) is 5.56 Å². The number of rotatable bonds is 7. The van der Waals surface area contributed by atoms with Gasteiger partial charge in [-0.05, 0) is 29.7 Å². The zero-order chi connectivity index (χ0) is 24.5. The van der Waals surface area contributed by atoms with Gasteiger partial charge in [-0.25, -0.2) is 4.98 Å². The van der Waals surface area contributed by atoms with Crippen molar-refractivity contribution in [1.29, 1.82) is 0 Å². The summed E-state index contributed by atoms with van der Waals surface area (Å²) in [7, 11) is 0. The summed E-state index contributed by atoms with van der Waals surface area (Å²) in [6.45, 7) is 6.24. The third-order valence-corrected chi connectivity index (χ3v) is 6.03. The Bertz CT molecular complexity index is 1580. The number of nitrogens with one attached hydrogen (secondary N) is 1. The van der Waals surface area contributed by atoms with Gasteiger partial charge in [0, 0.05) is 17.5 Å². The molecule has 2 aromatic carbocycles. The molecule has 5 aromatic rings. The number of anilines is 1. The van der Waals surface area contributed by atoms with Crippen molar-refractivity contribution in [2.45, 2.75) is 46.2 Å². The minimum Gasteiger partial charge on any atom is -0.337 e. The average Bonchev–Trinajstić information content (AvgIpc) is 3.44. The summed E-state index contributed by atoms with van der Waals surface area (Å²) in [6, 6.07) is 15.3. The van der Waals surface area contributed by atoms with Gasteiger partial charge in [-0.1, -0.05) is 56.3 Å². The van der Waals surface area contributed by atoms with Crippen LogP contribution in [0.4, 0.5) is 5.69 Å². The standard InChI is InChI=1S/C26H26N6O3/c1-4-21-29-23(35-30-21)14-31-15-27-24-19-7-5-6-8-20(19)32(25(24)26(31)34)13-22(33)28-18-11-9-17(10-12-18)16(2)3/h5-12,15-16H,4,13-14H2,1-3H3,(H,28,33). The molecule has 1 amide bonds. The van der Waals surface area contributed by atoms with Crippen LogP contribution in [-0.2, 0) is 24.3 Å². The Morgan fingerprint density at radius 1 is 1.11 bits per heavy atom. The van der Waals surface area contributed by atoms with Gasteiger partial charge in [0.2, 0.25) is 11.8 Å². The minimum atomic E-state index is -0.281. The van der Waals surface area contributed by atoms with Crippen molar-refractivity contribution >= 4 is 33.5 Å². The van der Waals surface area contributed by atoms with Gasteiger partial charge < -0.3 is 14.4 Å². The van der Waals surface area contributed by atoms with Crippen LogP contribution in [0.1, 0.15) is 44.0 Å². The number of para-hydroxylation sites is 1. The molecule has 0 fully saturated rings. The van der Waals surface area contributed by atoms with Gasteiger partial charge in [-0.3, -0.25) is 14.2 Å². The van der Waals surface area contributed by atoms with Crippen molar-refractivity contribution in [2.24, 2.45) is 0 Å². The first-order valence-electron chi connectivity index (χ1n) is 11.6. The molecular weight excluding hydrogens is 444 g/mol. The lowest BCUT2D eigenvalue weighted by Crippen LogP contribution is -2.25. The number of fused-ring (bicyclic) bond motifs is 3. The highest BCUT2D eigenvalue weighted by Crippen LogP contribution is 2.25. The maximum Gasteiger partial charge on any atom is 0.278 e. The first kappa shape index (κ1) is 22.5. The number of hydrogen-bond donors (Lipinski definition) is 1. The molecule has 3 aromatic heterocycles. The van der Waals surface area contributed by atoms with Crippen molar-refractivity contribution in [3.8, 4) is 0 Å². The maximum atomic E-state index is 13.5. The highest BCUT2D eigenvalue weighted by Gasteiger charge is 2.19. The van der Waals surface area contributed by atoms with E-state index in [1.807, 2.05) is 55.5 Å². The molecular formula is C26H26N6O3. The van der Waals surface area contributed by atoms with E-state index in [2.05, 4.69) is 34.3 Å². The minimum absolute atomic E-state index is 0.0303. The Morgan fingerprint density at radius 2 is 1.89 bits per heavy atom. The van der Waals surface area contributed by atoms with Crippen molar-refractivity contribution in [2.75, 3.05) is 5.32 Å². The molecule has 9 heteroatoms. The zero-order valence-corrected chi connectivity index (χ0v) is 19.9. The highest BCUT2D eigenvalue weighted by molar-refractivity contribution is 6.06. The van der Waals surface area contributed by atoms with Gasteiger partial charge in [0.15, 0.2) is 5.82 Å². The van der Waals surface area contributed by atoms with Crippen LogP contribution in [0.15, 0.2) is 64.2 Å². The average molecular weight is 471 g/mol. The topological polar surface area (TPSA) is 108 Å². The number of hydrogen-bond acceptors (Lipinski definition) is 6.